The average Bonchev–Trinajstić information content (AvgIpc) is 3.16. The molecule has 4 nitrogen and oxygen atoms in total. The van der Waals surface area contributed by atoms with Crippen molar-refractivity contribution in [3.63, 3.8) is 0 Å². The molecule has 1 aliphatic carbocycles. The highest BCUT2D eigenvalue weighted by atomic mass is 35.5. The summed E-state index contributed by atoms with van der Waals surface area (Å²) >= 11 is 11.9. The normalized spacial score (nSPS) is 19.8. The fourth-order valence-electron chi connectivity index (χ4n) is 2.29. The number of amides is 1. The minimum absolute atomic E-state index is 0.121. The van der Waals surface area contributed by atoms with Crippen molar-refractivity contribution in [3.8, 4) is 11.5 Å². The van der Waals surface area contributed by atoms with E-state index in [1.807, 2.05) is 25.1 Å². The van der Waals surface area contributed by atoms with Gasteiger partial charge in [0, 0.05) is 0 Å². The number of halogens is 2. The second-order valence-electron chi connectivity index (χ2n) is 5.86. The zero-order chi connectivity index (χ0) is 17.0. The van der Waals surface area contributed by atoms with Crippen LogP contribution >= 0.6 is 23.2 Å². The van der Waals surface area contributed by atoms with E-state index >= 15 is 0 Å². The molecule has 1 fully saturated rings. The third-order valence-corrected chi connectivity index (χ3v) is 4.78. The maximum atomic E-state index is 12.1. The molecule has 1 aliphatic rings. The highest BCUT2D eigenvalue weighted by Crippen LogP contribution is 2.53. The molecule has 1 amide bonds. The number of unbranched alkanes of at least 4 members (excludes halogenated alkanes) is 1. The third kappa shape index (κ3) is 4.67. The Morgan fingerprint density at radius 1 is 1.43 bits per heavy atom. The Labute approximate surface area is 147 Å². The van der Waals surface area contributed by atoms with Crippen LogP contribution in [-0.2, 0) is 4.79 Å². The van der Waals surface area contributed by atoms with Gasteiger partial charge in [0.25, 0.3) is 0 Å². The molecule has 0 heterocycles. The number of carbonyl (C=O) groups is 1. The van der Waals surface area contributed by atoms with E-state index in [0.717, 1.165) is 18.4 Å². The summed E-state index contributed by atoms with van der Waals surface area (Å²) in [5, 5.41) is 2.93. The summed E-state index contributed by atoms with van der Waals surface area (Å²) in [4.78, 5) is 12.1. The van der Waals surface area contributed by atoms with Crippen LogP contribution in [0, 0.1) is 5.92 Å². The lowest BCUT2D eigenvalue weighted by Gasteiger charge is -2.17. The first kappa shape index (κ1) is 18.2. The molecule has 0 aliphatic heterocycles. The molecule has 128 valence electrons. The molecule has 1 N–H and O–H groups in total. The van der Waals surface area contributed by atoms with E-state index in [1.165, 1.54) is 0 Å². The van der Waals surface area contributed by atoms with Gasteiger partial charge in [-0.1, -0.05) is 19.4 Å². The Morgan fingerprint density at radius 2 is 2.13 bits per heavy atom. The van der Waals surface area contributed by atoms with Crippen LogP contribution in [-0.4, -0.2) is 24.0 Å². The summed E-state index contributed by atoms with van der Waals surface area (Å²) in [6.45, 7) is 4.69. The Balaban J connectivity index is 2.00. The van der Waals surface area contributed by atoms with Crippen molar-refractivity contribution >= 4 is 29.1 Å². The van der Waals surface area contributed by atoms with Gasteiger partial charge in [0.1, 0.15) is 4.33 Å². The molecule has 0 spiro atoms. The molecule has 0 radical (unpaired) electrons. The first-order chi connectivity index (χ1) is 10.9. The summed E-state index contributed by atoms with van der Waals surface area (Å²) in [6.07, 6.45) is 2.58. The summed E-state index contributed by atoms with van der Waals surface area (Å²) in [7, 11) is 1.61. The zero-order valence-corrected chi connectivity index (χ0v) is 15.2. The van der Waals surface area contributed by atoms with Gasteiger partial charge in [0.05, 0.1) is 25.7 Å². The van der Waals surface area contributed by atoms with E-state index < -0.39 is 4.33 Å². The van der Waals surface area contributed by atoms with Crippen LogP contribution in [0.15, 0.2) is 18.2 Å². The van der Waals surface area contributed by atoms with E-state index in [4.69, 9.17) is 32.7 Å². The molecule has 2 atom stereocenters. The van der Waals surface area contributed by atoms with Crippen molar-refractivity contribution in [2.45, 2.75) is 43.5 Å². The molecular formula is C17H23Cl2NO3. The van der Waals surface area contributed by atoms with Crippen molar-refractivity contribution in [2.75, 3.05) is 13.7 Å². The van der Waals surface area contributed by atoms with E-state index in [-0.39, 0.29) is 17.9 Å². The van der Waals surface area contributed by atoms with Gasteiger partial charge in [0.2, 0.25) is 5.91 Å². The molecule has 2 rings (SSSR count). The number of ether oxygens (including phenoxy) is 2. The van der Waals surface area contributed by atoms with Crippen LogP contribution < -0.4 is 14.8 Å². The molecule has 0 bridgehead atoms. The minimum Gasteiger partial charge on any atom is -0.493 e. The van der Waals surface area contributed by atoms with Crippen molar-refractivity contribution in [3.05, 3.63) is 23.8 Å². The number of hydrogen-bond acceptors (Lipinski definition) is 3. The summed E-state index contributed by atoms with van der Waals surface area (Å²) in [5.41, 5.74) is 0.938. The molecule has 0 aromatic heterocycles. The van der Waals surface area contributed by atoms with Crippen LogP contribution in [0.5, 0.6) is 11.5 Å². The number of carbonyl (C=O) groups excluding carboxylic acids is 1. The van der Waals surface area contributed by atoms with E-state index in [0.29, 0.717) is 24.5 Å². The van der Waals surface area contributed by atoms with E-state index in [9.17, 15) is 4.79 Å². The smallest absolute Gasteiger partial charge is 0.226 e. The van der Waals surface area contributed by atoms with Crippen LogP contribution in [0.2, 0.25) is 0 Å². The second kappa shape index (κ2) is 7.63. The zero-order valence-electron chi connectivity index (χ0n) is 13.7. The van der Waals surface area contributed by atoms with Gasteiger partial charge in [-0.25, -0.2) is 0 Å². The lowest BCUT2D eigenvalue weighted by Crippen LogP contribution is -2.29. The molecule has 0 saturated heterocycles. The van der Waals surface area contributed by atoms with Crippen molar-refractivity contribution in [1.29, 1.82) is 0 Å². The predicted molar refractivity (Wildman–Crippen MR) is 92.5 cm³/mol. The first-order valence-corrected chi connectivity index (χ1v) is 8.63. The van der Waals surface area contributed by atoms with Crippen LogP contribution in [0.25, 0.3) is 0 Å². The predicted octanol–water partition coefficient (Wildman–Crippen LogP) is 4.25. The van der Waals surface area contributed by atoms with Crippen molar-refractivity contribution in [1.82, 2.24) is 5.32 Å². The summed E-state index contributed by atoms with van der Waals surface area (Å²) in [6, 6.07) is 5.52. The SMILES string of the molecule is CCCCOc1ccc(C(C)NC(=O)C2CC2(Cl)Cl)cc1OC. The summed E-state index contributed by atoms with van der Waals surface area (Å²) < 4.78 is 10.2. The maximum Gasteiger partial charge on any atom is 0.226 e. The average molecular weight is 360 g/mol. The van der Waals surface area contributed by atoms with Gasteiger partial charge in [-0.2, -0.15) is 0 Å². The molecule has 1 aromatic carbocycles. The van der Waals surface area contributed by atoms with Crippen molar-refractivity contribution in [2.24, 2.45) is 5.92 Å². The van der Waals surface area contributed by atoms with E-state index in [2.05, 4.69) is 12.2 Å². The second-order valence-corrected chi connectivity index (χ2v) is 7.40. The molecule has 23 heavy (non-hydrogen) atoms. The Morgan fingerprint density at radius 3 is 2.70 bits per heavy atom. The monoisotopic (exact) mass is 359 g/mol. The van der Waals surface area contributed by atoms with Gasteiger partial charge >= 0.3 is 0 Å². The number of nitrogens with one attached hydrogen (secondary N) is 1. The Kier molecular flexibility index (Phi) is 6.04. The molecule has 2 unspecified atom stereocenters. The molecule has 1 aromatic rings. The fraction of sp³-hybridized carbons (Fsp3) is 0.588. The van der Waals surface area contributed by atoms with Gasteiger partial charge in [-0.05, 0) is 37.5 Å². The van der Waals surface area contributed by atoms with Crippen LogP contribution in [0.4, 0.5) is 0 Å². The highest BCUT2D eigenvalue weighted by molar-refractivity contribution is 6.52. The van der Waals surface area contributed by atoms with Crippen LogP contribution in [0.1, 0.15) is 44.7 Å². The number of hydrogen-bond donors (Lipinski definition) is 1. The standard InChI is InChI=1S/C17H23Cl2NO3/c1-4-5-8-23-14-7-6-12(9-15(14)22-3)11(2)20-16(21)13-10-17(13,18)19/h6-7,9,11,13H,4-5,8,10H2,1-3H3,(H,20,21). The topological polar surface area (TPSA) is 47.6 Å². The number of methoxy groups -OCH3 is 1. The Hall–Kier alpha value is -1.13. The van der Waals surface area contributed by atoms with Gasteiger partial charge in [-0.3, -0.25) is 4.79 Å². The highest BCUT2D eigenvalue weighted by Gasteiger charge is 2.56. The number of rotatable bonds is 8. The van der Waals surface area contributed by atoms with Gasteiger partial charge < -0.3 is 14.8 Å². The molecular weight excluding hydrogens is 337 g/mol. The maximum absolute atomic E-state index is 12.1. The largest absolute Gasteiger partial charge is 0.493 e. The van der Waals surface area contributed by atoms with Crippen LogP contribution in [0.3, 0.4) is 0 Å². The van der Waals surface area contributed by atoms with Crippen molar-refractivity contribution < 1.29 is 14.3 Å². The number of alkyl halides is 2. The van der Waals surface area contributed by atoms with E-state index in [1.54, 1.807) is 7.11 Å². The lowest BCUT2D eigenvalue weighted by molar-refractivity contribution is -0.123. The molecule has 6 heteroatoms. The van der Waals surface area contributed by atoms with Gasteiger partial charge in [0.15, 0.2) is 11.5 Å². The summed E-state index contributed by atoms with van der Waals surface area (Å²) in [5.74, 6) is 0.928. The first-order valence-electron chi connectivity index (χ1n) is 7.88. The Bertz CT molecular complexity index is 563. The third-order valence-electron chi connectivity index (χ3n) is 3.94. The van der Waals surface area contributed by atoms with Gasteiger partial charge in [-0.15, -0.1) is 23.2 Å². The quantitative estimate of drug-likeness (QED) is 0.557. The molecule has 1 saturated carbocycles. The lowest BCUT2D eigenvalue weighted by atomic mass is 10.1. The fourth-order valence-corrected chi connectivity index (χ4v) is 2.80. The minimum atomic E-state index is -0.904. The number of benzene rings is 1.